The zero-order valence-corrected chi connectivity index (χ0v) is 18.0. The first-order valence-corrected chi connectivity index (χ1v) is 11.2. The molecule has 3 aliphatic rings. The minimum Gasteiger partial charge on any atom is -0.361 e. The first kappa shape index (κ1) is 19.6. The molecule has 2 saturated heterocycles. The molecule has 1 aromatic heterocycles. The number of amides is 2. The van der Waals surface area contributed by atoms with Crippen LogP contribution >= 0.6 is 11.6 Å². The molecule has 2 N–H and O–H groups in total. The number of para-hydroxylation sites is 2. The van der Waals surface area contributed by atoms with E-state index in [1.54, 1.807) is 12.1 Å². The zero-order chi connectivity index (χ0) is 21.9. The highest BCUT2D eigenvalue weighted by Crippen LogP contribution is 2.52. The second kappa shape index (κ2) is 7.22. The number of nitrogens with one attached hydrogen (secondary N) is 2. The summed E-state index contributed by atoms with van der Waals surface area (Å²) in [6, 6.07) is 15.2. The first-order chi connectivity index (χ1) is 15.6. The summed E-state index contributed by atoms with van der Waals surface area (Å²) in [6.45, 7) is 1.06. The Balaban J connectivity index is 1.21. The zero-order valence-electron chi connectivity index (χ0n) is 17.3. The molecule has 6 rings (SSSR count). The number of fused-ring (bicyclic) bond motifs is 2. The number of aromatic amines is 1. The lowest BCUT2D eigenvalue weighted by Crippen LogP contribution is -2.41. The average Bonchev–Trinajstić information content (AvgIpc) is 3.54. The number of benzene rings is 2. The van der Waals surface area contributed by atoms with Gasteiger partial charge in [0.25, 0.3) is 0 Å². The average molecular weight is 448 g/mol. The van der Waals surface area contributed by atoms with E-state index in [9.17, 15) is 9.59 Å². The molecule has 0 saturated carbocycles. The second-order valence-electron chi connectivity index (χ2n) is 8.74. The summed E-state index contributed by atoms with van der Waals surface area (Å²) < 4.78 is 6.22. The van der Waals surface area contributed by atoms with Crippen molar-refractivity contribution < 1.29 is 14.3 Å². The van der Waals surface area contributed by atoms with Crippen LogP contribution in [-0.4, -0.2) is 46.5 Å². The number of hydrogen-bond acceptors (Lipinski definition) is 3. The van der Waals surface area contributed by atoms with Gasteiger partial charge in [0, 0.05) is 23.6 Å². The summed E-state index contributed by atoms with van der Waals surface area (Å²) in [5, 5.41) is 4.54. The summed E-state index contributed by atoms with van der Waals surface area (Å²) >= 11 is 6.21. The van der Waals surface area contributed by atoms with Gasteiger partial charge in [-0.1, -0.05) is 54.1 Å². The highest BCUT2D eigenvalue weighted by atomic mass is 35.5. The van der Waals surface area contributed by atoms with Gasteiger partial charge in [0.2, 0.25) is 11.8 Å². The number of rotatable bonds is 5. The van der Waals surface area contributed by atoms with Crippen LogP contribution in [0, 0.1) is 11.8 Å². The number of nitrogens with zero attached hydrogens (tertiary/aromatic N) is 1. The molecule has 7 heteroatoms. The van der Waals surface area contributed by atoms with Crippen molar-refractivity contribution in [1.29, 1.82) is 0 Å². The van der Waals surface area contributed by atoms with Crippen molar-refractivity contribution in [2.24, 2.45) is 11.8 Å². The van der Waals surface area contributed by atoms with Gasteiger partial charge >= 0.3 is 0 Å². The minimum absolute atomic E-state index is 0.0176. The lowest BCUT2D eigenvalue weighted by Gasteiger charge is -2.23. The molecular formula is C25H22ClN3O3. The molecule has 0 aliphatic carbocycles. The highest BCUT2D eigenvalue weighted by molar-refractivity contribution is 6.33. The Kier molecular flexibility index (Phi) is 4.42. The topological polar surface area (TPSA) is 74.4 Å². The number of aromatic nitrogens is 1. The molecule has 3 aromatic rings. The maximum atomic E-state index is 13.4. The number of anilines is 1. The SMILES string of the molecule is O=C(Nc1ccccc1Cl)[C@H]1[C@H]2C(=O)N(CCc3c[nH]c4ccccc34)C[C@]23C=C[C@H]1O3. The highest BCUT2D eigenvalue weighted by Gasteiger charge is 2.66. The van der Waals surface area contributed by atoms with E-state index in [1.165, 1.54) is 10.9 Å². The first-order valence-electron chi connectivity index (χ1n) is 10.8. The van der Waals surface area contributed by atoms with E-state index in [2.05, 4.69) is 16.4 Å². The Morgan fingerprint density at radius 1 is 1.22 bits per heavy atom. The fourth-order valence-electron chi connectivity index (χ4n) is 5.44. The van der Waals surface area contributed by atoms with Crippen LogP contribution < -0.4 is 5.32 Å². The van der Waals surface area contributed by atoms with Gasteiger partial charge in [0.05, 0.1) is 35.2 Å². The summed E-state index contributed by atoms with van der Waals surface area (Å²) in [4.78, 5) is 31.7. The van der Waals surface area contributed by atoms with Crippen LogP contribution in [0.3, 0.4) is 0 Å². The number of carbonyl (C=O) groups excluding carboxylic acids is 2. The fraction of sp³-hybridized carbons (Fsp3) is 0.280. The summed E-state index contributed by atoms with van der Waals surface area (Å²) in [7, 11) is 0. The van der Waals surface area contributed by atoms with E-state index in [-0.39, 0.29) is 17.9 Å². The Morgan fingerprint density at radius 3 is 2.91 bits per heavy atom. The van der Waals surface area contributed by atoms with Gasteiger partial charge in [-0.15, -0.1) is 0 Å². The number of likely N-dealkylation sites (tertiary alicyclic amines) is 1. The molecule has 2 aromatic carbocycles. The quantitative estimate of drug-likeness (QED) is 0.584. The van der Waals surface area contributed by atoms with Crippen molar-refractivity contribution in [2.75, 3.05) is 18.4 Å². The molecule has 162 valence electrons. The van der Waals surface area contributed by atoms with Crippen molar-refractivity contribution >= 4 is 40.0 Å². The molecule has 1 spiro atoms. The van der Waals surface area contributed by atoms with E-state index in [4.69, 9.17) is 16.3 Å². The van der Waals surface area contributed by atoms with Gasteiger partial charge < -0.3 is 19.9 Å². The number of hydrogen-bond donors (Lipinski definition) is 2. The molecule has 32 heavy (non-hydrogen) atoms. The predicted molar refractivity (Wildman–Crippen MR) is 122 cm³/mol. The minimum atomic E-state index is -0.718. The van der Waals surface area contributed by atoms with Gasteiger partial charge in [0.1, 0.15) is 5.60 Å². The molecule has 2 bridgehead atoms. The Labute approximate surface area is 190 Å². The third kappa shape index (κ3) is 2.90. The molecule has 4 atom stereocenters. The summed E-state index contributed by atoms with van der Waals surface area (Å²) in [5.74, 6) is -1.33. The number of H-pyrrole nitrogens is 1. The van der Waals surface area contributed by atoms with Crippen molar-refractivity contribution in [2.45, 2.75) is 18.1 Å². The van der Waals surface area contributed by atoms with E-state index in [0.29, 0.717) is 23.8 Å². The van der Waals surface area contributed by atoms with E-state index in [1.807, 2.05) is 53.6 Å². The molecular weight excluding hydrogens is 426 g/mol. The van der Waals surface area contributed by atoms with Crippen molar-refractivity contribution in [3.8, 4) is 0 Å². The lowest BCUT2D eigenvalue weighted by molar-refractivity contribution is -0.135. The van der Waals surface area contributed by atoms with Gasteiger partial charge in [-0.2, -0.15) is 0 Å². The lowest BCUT2D eigenvalue weighted by atomic mass is 9.77. The molecule has 0 radical (unpaired) electrons. The number of ether oxygens (including phenoxy) is 1. The van der Waals surface area contributed by atoms with Crippen LogP contribution in [0.5, 0.6) is 0 Å². The van der Waals surface area contributed by atoms with Gasteiger partial charge in [-0.3, -0.25) is 9.59 Å². The third-order valence-corrected chi connectivity index (χ3v) is 7.27. The van der Waals surface area contributed by atoms with E-state index in [0.717, 1.165) is 11.9 Å². The second-order valence-corrected chi connectivity index (χ2v) is 9.15. The molecule has 3 aliphatic heterocycles. The maximum absolute atomic E-state index is 13.4. The Bertz CT molecular complexity index is 1270. The monoisotopic (exact) mass is 447 g/mol. The van der Waals surface area contributed by atoms with Crippen LogP contribution in [0.15, 0.2) is 66.9 Å². The molecule has 4 heterocycles. The van der Waals surface area contributed by atoms with Crippen LogP contribution in [0.1, 0.15) is 5.56 Å². The molecule has 2 amide bonds. The van der Waals surface area contributed by atoms with Gasteiger partial charge in [-0.05, 0) is 30.2 Å². The van der Waals surface area contributed by atoms with Crippen LogP contribution in [-0.2, 0) is 20.7 Å². The summed E-state index contributed by atoms with van der Waals surface area (Å²) in [6.07, 6.45) is 6.26. The molecule has 6 nitrogen and oxygen atoms in total. The molecule has 2 fully saturated rings. The van der Waals surface area contributed by atoms with Crippen molar-refractivity contribution in [3.05, 3.63) is 77.5 Å². The number of halogens is 1. The van der Waals surface area contributed by atoms with Crippen LogP contribution in [0.4, 0.5) is 5.69 Å². The van der Waals surface area contributed by atoms with Crippen LogP contribution in [0.25, 0.3) is 10.9 Å². The Hall–Kier alpha value is -3.09. The number of carbonyl (C=O) groups is 2. The molecule has 0 unspecified atom stereocenters. The van der Waals surface area contributed by atoms with Crippen LogP contribution in [0.2, 0.25) is 5.02 Å². The predicted octanol–water partition coefficient (Wildman–Crippen LogP) is 3.78. The third-order valence-electron chi connectivity index (χ3n) is 6.94. The van der Waals surface area contributed by atoms with Crippen molar-refractivity contribution in [3.63, 3.8) is 0 Å². The Morgan fingerprint density at radius 2 is 2.03 bits per heavy atom. The standard InChI is InChI=1S/C25H22ClN3O3/c26-17-6-2-4-8-19(17)28-23(30)21-20-9-11-25(32-20)14-29(24(31)22(21)25)12-10-15-13-27-18-7-3-1-5-16(15)18/h1-9,11,13,20-22,27H,10,12,14H2,(H,28,30)/t20-,21-,22+,25-/m1/s1. The smallest absolute Gasteiger partial charge is 0.231 e. The van der Waals surface area contributed by atoms with Crippen molar-refractivity contribution in [1.82, 2.24) is 9.88 Å². The summed E-state index contributed by atoms with van der Waals surface area (Å²) in [5.41, 5.74) is 2.09. The fourth-order valence-corrected chi connectivity index (χ4v) is 5.62. The van der Waals surface area contributed by atoms with Gasteiger partial charge in [0.15, 0.2) is 0 Å². The van der Waals surface area contributed by atoms with E-state index < -0.39 is 17.4 Å². The largest absolute Gasteiger partial charge is 0.361 e. The maximum Gasteiger partial charge on any atom is 0.231 e. The van der Waals surface area contributed by atoms with E-state index >= 15 is 0 Å². The van der Waals surface area contributed by atoms with Gasteiger partial charge in [-0.25, -0.2) is 0 Å². The normalized spacial score (nSPS) is 28.0.